The summed E-state index contributed by atoms with van der Waals surface area (Å²) in [6.45, 7) is 7.16. The number of hydrogen-bond acceptors (Lipinski definition) is 10. The SMILES string of the molecule is CCCCCC(=O)Nc1cccc(CN(Cc2cc(CC(Cc3ccccn3)Nc3cccc(NC(=O)CCCCC)n3)cc(OCCCCN)c2)Cc2ccccn2)n1. The number of nitrogens with one attached hydrogen (secondary N) is 3. The number of aromatic nitrogens is 4. The number of nitrogens with zero attached hydrogens (tertiary/aromatic N) is 5. The van der Waals surface area contributed by atoms with Gasteiger partial charge in [-0.2, -0.15) is 0 Å². The van der Waals surface area contributed by atoms with E-state index in [1.54, 1.807) is 0 Å². The summed E-state index contributed by atoms with van der Waals surface area (Å²) in [7, 11) is 0. The van der Waals surface area contributed by atoms with Crippen molar-refractivity contribution in [3.05, 3.63) is 132 Å². The molecule has 4 heterocycles. The molecule has 5 rings (SSSR count). The number of carbonyl (C=O) groups is 2. The van der Waals surface area contributed by atoms with Crippen LogP contribution in [0.4, 0.5) is 17.5 Å². The minimum atomic E-state index is -0.0861. The van der Waals surface area contributed by atoms with Crippen molar-refractivity contribution in [3.63, 3.8) is 0 Å². The van der Waals surface area contributed by atoms with Gasteiger partial charge in [-0.15, -0.1) is 0 Å². The van der Waals surface area contributed by atoms with Crippen LogP contribution >= 0.6 is 0 Å². The van der Waals surface area contributed by atoms with Gasteiger partial charge in [-0.1, -0.05) is 69.9 Å². The number of nitrogens with two attached hydrogens (primary N) is 1. The van der Waals surface area contributed by atoms with Crippen LogP contribution in [0.15, 0.2) is 103 Å². The molecule has 0 saturated carbocycles. The topological polar surface area (TPSA) is 160 Å². The summed E-state index contributed by atoms with van der Waals surface area (Å²) in [6, 6.07) is 29.7. The largest absolute Gasteiger partial charge is 0.494 e. The highest BCUT2D eigenvalue weighted by Crippen LogP contribution is 2.24. The van der Waals surface area contributed by atoms with Gasteiger partial charge in [-0.25, -0.2) is 9.97 Å². The van der Waals surface area contributed by atoms with Crippen LogP contribution in [0.3, 0.4) is 0 Å². The zero-order chi connectivity index (χ0) is 42.2. The third kappa shape index (κ3) is 16.9. The summed E-state index contributed by atoms with van der Waals surface area (Å²) in [4.78, 5) is 46.5. The Morgan fingerprint density at radius 1 is 0.633 bits per heavy atom. The Hall–Kier alpha value is -5.72. The molecular weight excluding hydrogens is 751 g/mol. The molecule has 5 N–H and O–H groups in total. The van der Waals surface area contributed by atoms with Crippen LogP contribution in [0.1, 0.15) is 106 Å². The molecule has 0 radical (unpaired) electrons. The fourth-order valence-electron chi connectivity index (χ4n) is 6.98. The number of amides is 2. The number of rotatable bonds is 27. The number of carbonyl (C=O) groups excluding carboxylic acids is 2. The van der Waals surface area contributed by atoms with Gasteiger partial charge < -0.3 is 26.4 Å². The highest BCUT2D eigenvalue weighted by Gasteiger charge is 2.17. The lowest BCUT2D eigenvalue weighted by Gasteiger charge is -2.24. The lowest BCUT2D eigenvalue weighted by Crippen LogP contribution is -2.27. The molecule has 4 aromatic heterocycles. The monoisotopic (exact) mass is 814 g/mol. The lowest BCUT2D eigenvalue weighted by atomic mass is 9.99. The van der Waals surface area contributed by atoms with E-state index in [1.807, 2.05) is 85.2 Å². The molecule has 60 heavy (non-hydrogen) atoms. The van der Waals surface area contributed by atoms with Crippen LogP contribution < -0.4 is 26.4 Å². The maximum absolute atomic E-state index is 12.6. The first-order chi connectivity index (χ1) is 29.4. The smallest absolute Gasteiger partial charge is 0.225 e. The lowest BCUT2D eigenvalue weighted by molar-refractivity contribution is -0.117. The molecule has 12 nitrogen and oxygen atoms in total. The Kier molecular flexibility index (Phi) is 19.4. The van der Waals surface area contributed by atoms with Gasteiger partial charge in [0.15, 0.2) is 0 Å². The number of pyridine rings is 4. The van der Waals surface area contributed by atoms with Gasteiger partial charge in [0.05, 0.1) is 18.0 Å². The molecule has 5 aromatic rings. The third-order valence-electron chi connectivity index (χ3n) is 9.92. The number of benzene rings is 1. The summed E-state index contributed by atoms with van der Waals surface area (Å²) in [5, 5.41) is 9.63. The first-order valence-electron chi connectivity index (χ1n) is 21.7. The van der Waals surface area contributed by atoms with Crippen molar-refractivity contribution >= 4 is 29.3 Å². The van der Waals surface area contributed by atoms with Gasteiger partial charge in [0.1, 0.15) is 23.2 Å². The average Bonchev–Trinajstić information content (AvgIpc) is 3.23. The molecule has 0 aliphatic heterocycles. The van der Waals surface area contributed by atoms with Crippen LogP contribution in [0.2, 0.25) is 0 Å². The molecular formula is C48H63N9O3. The Morgan fingerprint density at radius 2 is 1.25 bits per heavy atom. The molecule has 1 unspecified atom stereocenters. The molecule has 0 aliphatic rings. The predicted molar refractivity (Wildman–Crippen MR) is 240 cm³/mol. The van der Waals surface area contributed by atoms with Crippen LogP contribution in [0.5, 0.6) is 5.75 Å². The summed E-state index contributed by atoms with van der Waals surface area (Å²) in [6.07, 6.45) is 13.5. The molecule has 1 aromatic carbocycles. The van der Waals surface area contributed by atoms with E-state index in [9.17, 15) is 9.59 Å². The van der Waals surface area contributed by atoms with Crippen molar-refractivity contribution in [1.82, 2.24) is 24.8 Å². The molecule has 12 heteroatoms. The fraction of sp³-hybridized carbons (Fsp3) is 0.417. The van der Waals surface area contributed by atoms with E-state index in [0.717, 1.165) is 85.3 Å². The highest BCUT2D eigenvalue weighted by atomic mass is 16.5. The van der Waals surface area contributed by atoms with E-state index < -0.39 is 0 Å². The van der Waals surface area contributed by atoms with Crippen molar-refractivity contribution in [2.45, 2.75) is 117 Å². The second kappa shape index (κ2) is 25.7. The van der Waals surface area contributed by atoms with Gasteiger partial charge in [-0.3, -0.25) is 24.5 Å². The Labute approximate surface area is 356 Å². The van der Waals surface area contributed by atoms with Gasteiger partial charge in [-0.05, 0) is 110 Å². The second-order valence-corrected chi connectivity index (χ2v) is 15.3. The van der Waals surface area contributed by atoms with Crippen LogP contribution in [0, 0.1) is 0 Å². The zero-order valence-electron chi connectivity index (χ0n) is 35.5. The quantitative estimate of drug-likeness (QED) is 0.0377. The zero-order valence-corrected chi connectivity index (χ0v) is 35.5. The number of hydrogen-bond donors (Lipinski definition) is 4. The molecule has 0 saturated heterocycles. The average molecular weight is 814 g/mol. The summed E-state index contributed by atoms with van der Waals surface area (Å²) >= 11 is 0. The van der Waals surface area contributed by atoms with E-state index in [0.29, 0.717) is 75.9 Å². The Balaban J connectivity index is 1.40. The standard InChI is InChI=1S/C48H63N9O3/c1-3-5-7-23-47(58)55-45-20-15-19-41(52-45)36-57(35-40-18-10-13-27-51-40)34-38-29-37(31-43(32-38)60-28-14-11-25-49)30-42(33-39-17-9-12-26-50-39)53-44-21-16-22-46(54-44)56-48(59)24-8-6-4-2/h9-10,12-13,15-22,26-27,29,31-32,42H,3-8,11,14,23-25,28,30,33-36,49H2,1-2H3,(H,52,55,58)(H2,53,54,56,59). The van der Waals surface area contributed by atoms with E-state index >= 15 is 0 Å². The fourth-order valence-corrected chi connectivity index (χ4v) is 6.98. The first kappa shape index (κ1) is 45.4. The molecule has 0 fully saturated rings. The molecule has 2 amide bonds. The Morgan fingerprint density at radius 3 is 1.92 bits per heavy atom. The maximum atomic E-state index is 12.6. The summed E-state index contributed by atoms with van der Waals surface area (Å²) < 4.78 is 6.38. The highest BCUT2D eigenvalue weighted by molar-refractivity contribution is 5.90. The van der Waals surface area contributed by atoms with Crippen molar-refractivity contribution in [2.24, 2.45) is 5.73 Å². The van der Waals surface area contributed by atoms with Crippen molar-refractivity contribution in [3.8, 4) is 5.75 Å². The minimum Gasteiger partial charge on any atom is -0.494 e. The van der Waals surface area contributed by atoms with Crippen molar-refractivity contribution in [1.29, 1.82) is 0 Å². The minimum absolute atomic E-state index is 0.0156. The van der Waals surface area contributed by atoms with Crippen LogP contribution in [-0.4, -0.2) is 55.8 Å². The second-order valence-electron chi connectivity index (χ2n) is 15.3. The molecule has 318 valence electrons. The van der Waals surface area contributed by atoms with Crippen molar-refractivity contribution in [2.75, 3.05) is 29.1 Å². The normalized spacial score (nSPS) is 11.6. The van der Waals surface area contributed by atoms with E-state index in [2.05, 4.69) is 62.9 Å². The van der Waals surface area contributed by atoms with Crippen LogP contribution in [0.25, 0.3) is 0 Å². The van der Waals surface area contributed by atoms with Crippen LogP contribution in [-0.2, 0) is 42.1 Å². The van der Waals surface area contributed by atoms with E-state index in [1.165, 1.54) is 0 Å². The molecule has 0 spiro atoms. The molecule has 0 aliphatic carbocycles. The predicted octanol–water partition coefficient (Wildman–Crippen LogP) is 8.89. The number of anilines is 3. The number of unbranched alkanes of at least 4 members (excludes halogenated alkanes) is 5. The first-order valence-corrected chi connectivity index (χ1v) is 21.7. The van der Waals surface area contributed by atoms with Crippen molar-refractivity contribution < 1.29 is 14.3 Å². The summed E-state index contributed by atoms with van der Waals surface area (Å²) in [5.41, 5.74) is 10.7. The van der Waals surface area contributed by atoms with Gasteiger partial charge in [0, 0.05) is 63.0 Å². The summed E-state index contributed by atoms with van der Waals surface area (Å²) in [5.74, 6) is 2.51. The van der Waals surface area contributed by atoms with E-state index in [4.69, 9.17) is 20.4 Å². The maximum Gasteiger partial charge on any atom is 0.225 e. The molecule has 1 atom stereocenters. The third-order valence-corrected chi connectivity index (χ3v) is 9.92. The van der Waals surface area contributed by atoms with Gasteiger partial charge in [0.25, 0.3) is 0 Å². The molecule has 0 bridgehead atoms. The van der Waals surface area contributed by atoms with Gasteiger partial charge in [0.2, 0.25) is 11.8 Å². The van der Waals surface area contributed by atoms with E-state index in [-0.39, 0.29) is 17.9 Å². The van der Waals surface area contributed by atoms with Gasteiger partial charge >= 0.3 is 0 Å². The Bertz CT molecular complexity index is 1880. The number of ether oxygens (including phenoxy) is 1.